The predicted octanol–water partition coefficient (Wildman–Crippen LogP) is 2.19. The van der Waals surface area contributed by atoms with Crippen molar-refractivity contribution in [2.45, 2.75) is 19.1 Å². The molecular formula is C22H27N5O4S. The number of ether oxygens (including phenoxy) is 2. The molecule has 0 radical (unpaired) electrons. The second-order valence-corrected chi connectivity index (χ2v) is 10.0. The topological polar surface area (TPSA) is 97.8 Å². The number of pyridine rings is 1. The van der Waals surface area contributed by atoms with Gasteiger partial charge in [0.15, 0.2) is 5.52 Å². The van der Waals surface area contributed by atoms with Gasteiger partial charge in [0.1, 0.15) is 12.2 Å². The molecule has 170 valence electrons. The summed E-state index contributed by atoms with van der Waals surface area (Å²) in [4.78, 5) is 15.6. The molecule has 1 unspecified atom stereocenters. The number of aromatic nitrogens is 3. The highest BCUT2D eigenvalue weighted by atomic mass is 32.2. The van der Waals surface area contributed by atoms with Crippen molar-refractivity contribution in [3.05, 3.63) is 42.7 Å². The molecule has 3 aromatic rings. The van der Waals surface area contributed by atoms with Crippen molar-refractivity contribution in [1.82, 2.24) is 19.3 Å². The van der Waals surface area contributed by atoms with Gasteiger partial charge in [0, 0.05) is 50.8 Å². The SMILES string of the molecule is CC(Oc1nc(-c2ccc(N(C)C)cc2)cc2nccnc12)[C@@H]1CN(S(C)(=O)=O)CCO1. The van der Waals surface area contributed by atoms with E-state index < -0.39 is 22.2 Å². The third-order valence-electron chi connectivity index (χ3n) is 5.45. The first-order valence-electron chi connectivity index (χ1n) is 10.4. The van der Waals surface area contributed by atoms with Crippen LogP contribution in [-0.4, -0.2) is 79.9 Å². The van der Waals surface area contributed by atoms with E-state index in [0.29, 0.717) is 35.8 Å². The van der Waals surface area contributed by atoms with E-state index >= 15 is 0 Å². The van der Waals surface area contributed by atoms with Gasteiger partial charge >= 0.3 is 0 Å². The zero-order valence-corrected chi connectivity index (χ0v) is 19.4. The maximum atomic E-state index is 12.0. The van der Waals surface area contributed by atoms with Gasteiger partial charge in [-0.3, -0.25) is 4.98 Å². The minimum Gasteiger partial charge on any atom is -0.470 e. The summed E-state index contributed by atoms with van der Waals surface area (Å²) < 4.78 is 37.3. The lowest BCUT2D eigenvalue weighted by Gasteiger charge is -2.34. The first-order chi connectivity index (χ1) is 15.2. The Labute approximate surface area is 188 Å². The highest BCUT2D eigenvalue weighted by Gasteiger charge is 2.31. The minimum absolute atomic E-state index is 0.231. The predicted molar refractivity (Wildman–Crippen MR) is 123 cm³/mol. The Morgan fingerprint density at radius 1 is 1.19 bits per heavy atom. The molecule has 1 aliphatic rings. The molecule has 0 N–H and O–H groups in total. The van der Waals surface area contributed by atoms with Crippen LogP contribution in [0.2, 0.25) is 0 Å². The molecule has 9 nitrogen and oxygen atoms in total. The van der Waals surface area contributed by atoms with Crippen molar-refractivity contribution in [2.75, 3.05) is 44.9 Å². The van der Waals surface area contributed by atoms with E-state index in [1.54, 1.807) is 12.4 Å². The van der Waals surface area contributed by atoms with Gasteiger partial charge in [-0.05, 0) is 25.1 Å². The molecule has 0 saturated carbocycles. The van der Waals surface area contributed by atoms with E-state index in [1.165, 1.54) is 10.6 Å². The highest BCUT2D eigenvalue weighted by Crippen LogP contribution is 2.29. The van der Waals surface area contributed by atoms with E-state index in [9.17, 15) is 8.42 Å². The second kappa shape index (κ2) is 8.97. The Morgan fingerprint density at radius 2 is 1.91 bits per heavy atom. The van der Waals surface area contributed by atoms with E-state index in [0.717, 1.165) is 11.3 Å². The van der Waals surface area contributed by atoms with E-state index in [1.807, 2.05) is 56.3 Å². The number of benzene rings is 1. The molecule has 1 aromatic carbocycles. The number of anilines is 1. The lowest BCUT2D eigenvalue weighted by Crippen LogP contribution is -2.50. The number of hydrogen-bond acceptors (Lipinski definition) is 8. The molecule has 4 rings (SSSR count). The van der Waals surface area contributed by atoms with Crippen LogP contribution in [0.15, 0.2) is 42.7 Å². The molecular weight excluding hydrogens is 430 g/mol. The molecule has 3 heterocycles. The van der Waals surface area contributed by atoms with Crippen molar-refractivity contribution in [1.29, 1.82) is 0 Å². The molecule has 32 heavy (non-hydrogen) atoms. The normalized spacial score (nSPS) is 18.4. The van der Waals surface area contributed by atoms with Crippen LogP contribution >= 0.6 is 0 Å². The molecule has 0 spiro atoms. The largest absolute Gasteiger partial charge is 0.470 e. The quantitative estimate of drug-likeness (QED) is 0.556. The Morgan fingerprint density at radius 3 is 2.59 bits per heavy atom. The van der Waals surface area contributed by atoms with Crippen LogP contribution in [0.4, 0.5) is 5.69 Å². The molecule has 10 heteroatoms. The van der Waals surface area contributed by atoms with Gasteiger partial charge < -0.3 is 14.4 Å². The van der Waals surface area contributed by atoms with Crippen molar-refractivity contribution >= 4 is 26.7 Å². The van der Waals surface area contributed by atoms with E-state index in [2.05, 4.69) is 9.97 Å². The zero-order valence-electron chi connectivity index (χ0n) is 18.6. The van der Waals surface area contributed by atoms with Crippen LogP contribution < -0.4 is 9.64 Å². The van der Waals surface area contributed by atoms with Crippen molar-refractivity contribution in [3.8, 4) is 17.1 Å². The number of rotatable bonds is 6. The number of sulfonamides is 1. The summed E-state index contributed by atoms with van der Waals surface area (Å²) in [7, 11) is 0.685. The molecule has 2 atom stereocenters. The maximum Gasteiger partial charge on any atom is 0.243 e. The van der Waals surface area contributed by atoms with Gasteiger partial charge in [-0.2, -0.15) is 4.31 Å². The van der Waals surface area contributed by atoms with Crippen molar-refractivity contribution in [3.63, 3.8) is 0 Å². The Hall–Kier alpha value is -2.82. The average molecular weight is 458 g/mol. The van der Waals surface area contributed by atoms with Gasteiger partial charge in [0.2, 0.25) is 15.9 Å². The van der Waals surface area contributed by atoms with Gasteiger partial charge in [-0.1, -0.05) is 12.1 Å². The number of hydrogen-bond donors (Lipinski definition) is 0. The monoisotopic (exact) mass is 457 g/mol. The number of morpholine rings is 1. The third kappa shape index (κ3) is 4.82. The van der Waals surface area contributed by atoms with Gasteiger partial charge in [0.05, 0.1) is 24.1 Å². The summed E-state index contributed by atoms with van der Waals surface area (Å²) in [6.07, 6.45) is 3.56. The second-order valence-electron chi connectivity index (χ2n) is 8.03. The molecule has 1 saturated heterocycles. The van der Waals surface area contributed by atoms with E-state index in [-0.39, 0.29) is 6.54 Å². The summed E-state index contributed by atoms with van der Waals surface area (Å²) in [5.41, 5.74) is 3.94. The molecule has 0 amide bonds. The smallest absolute Gasteiger partial charge is 0.243 e. The highest BCUT2D eigenvalue weighted by molar-refractivity contribution is 7.88. The molecule has 1 aliphatic heterocycles. The number of fused-ring (bicyclic) bond motifs is 1. The van der Waals surface area contributed by atoms with E-state index in [4.69, 9.17) is 14.5 Å². The fourth-order valence-corrected chi connectivity index (χ4v) is 4.42. The Kier molecular flexibility index (Phi) is 6.27. The summed E-state index contributed by atoms with van der Waals surface area (Å²) in [5.74, 6) is 0.342. The molecule has 0 bridgehead atoms. The molecule has 0 aliphatic carbocycles. The van der Waals surface area contributed by atoms with Gasteiger partial charge in [-0.15, -0.1) is 0 Å². The van der Waals surface area contributed by atoms with Crippen molar-refractivity contribution in [2.24, 2.45) is 0 Å². The lowest BCUT2D eigenvalue weighted by molar-refractivity contribution is -0.0566. The third-order valence-corrected chi connectivity index (χ3v) is 6.72. The Bertz CT molecular complexity index is 1200. The van der Waals surface area contributed by atoms with Crippen molar-refractivity contribution < 1.29 is 17.9 Å². The Balaban J connectivity index is 1.64. The summed E-state index contributed by atoms with van der Waals surface area (Å²) >= 11 is 0. The fraction of sp³-hybridized carbons (Fsp3) is 0.409. The molecule has 1 fully saturated rings. The summed E-state index contributed by atoms with van der Waals surface area (Å²) in [5, 5.41) is 0. The van der Waals surface area contributed by atoms with Gasteiger partial charge in [-0.25, -0.2) is 18.4 Å². The standard InChI is InChI=1S/C22H27N5O4S/c1-15(20-14-27(11-12-30-20)32(4,28)29)31-22-21-19(23-9-10-24-21)13-18(25-22)16-5-7-17(8-6-16)26(2)3/h5-10,13,15,20H,11-12,14H2,1-4H3/t15?,20-/m0/s1. The number of nitrogens with zero attached hydrogens (tertiary/aromatic N) is 5. The zero-order chi connectivity index (χ0) is 22.9. The minimum atomic E-state index is -3.30. The van der Waals surface area contributed by atoms with Crippen LogP contribution in [0.25, 0.3) is 22.3 Å². The summed E-state index contributed by atoms with van der Waals surface area (Å²) in [6.45, 7) is 2.74. The van der Waals surface area contributed by atoms with Crippen LogP contribution in [0.3, 0.4) is 0 Å². The first kappa shape index (κ1) is 22.4. The van der Waals surface area contributed by atoms with Crippen LogP contribution in [0.1, 0.15) is 6.92 Å². The van der Waals surface area contributed by atoms with Crippen LogP contribution in [-0.2, 0) is 14.8 Å². The lowest BCUT2D eigenvalue weighted by atomic mass is 10.1. The summed E-state index contributed by atoms with van der Waals surface area (Å²) in [6, 6.07) is 9.93. The fourth-order valence-electron chi connectivity index (χ4n) is 3.59. The van der Waals surface area contributed by atoms with Crippen LogP contribution in [0.5, 0.6) is 5.88 Å². The first-order valence-corrected chi connectivity index (χ1v) is 12.2. The molecule has 2 aromatic heterocycles. The maximum absolute atomic E-state index is 12.0. The van der Waals surface area contributed by atoms with Crippen LogP contribution in [0, 0.1) is 0 Å². The average Bonchev–Trinajstić information content (AvgIpc) is 2.78. The van der Waals surface area contributed by atoms with Gasteiger partial charge in [0.25, 0.3) is 0 Å².